The van der Waals surface area contributed by atoms with E-state index in [1.807, 2.05) is 19.1 Å². The first kappa shape index (κ1) is 10.4. The van der Waals surface area contributed by atoms with Gasteiger partial charge in [0.1, 0.15) is 5.75 Å². The number of aromatic hydroxyl groups is 1. The van der Waals surface area contributed by atoms with Gasteiger partial charge in [0.05, 0.1) is 21.7 Å². The maximum absolute atomic E-state index is 9.36. The summed E-state index contributed by atoms with van der Waals surface area (Å²) in [6.07, 6.45) is 5.38. The first-order valence-corrected chi connectivity index (χ1v) is 5.00. The highest BCUT2D eigenvalue weighted by Gasteiger charge is 1.98. The molecule has 0 radical (unpaired) electrons. The van der Waals surface area contributed by atoms with Crippen molar-refractivity contribution < 1.29 is 5.11 Å². The van der Waals surface area contributed by atoms with Gasteiger partial charge >= 0.3 is 0 Å². The summed E-state index contributed by atoms with van der Waals surface area (Å²) in [6, 6.07) is 4.95. The molecule has 16 heavy (non-hydrogen) atoms. The number of nitrogens with zero attached hydrogens (tertiary/aromatic N) is 2. The summed E-state index contributed by atoms with van der Waals surface area (Å²) in [6.45, 7) is 5.55. The Labute approximate surface area is 93.1 Å². The molecule has 0 fully saturated rings. The van der Waals surface area contributed by atoms with Crippen molar-refractivity contribution in [3.05, 3.63) is 41.6 Å². The minimum Gasteiger partial charge on any atom is -0.508 e. The fraction of sp³-hybridized carbons (Fsp3) is 0.0769. The van der Waals surface area contributed by atoms with Crippen LogP contribution in [0.2, 0.25) is 0 Å². The van der Waals surface area contributed by atoms with Gasteiger partial charge in [-0.2, -0.15) is 0 Å². The summed E-state index contributed by atoms with van der Waals surface area (Å²) >= 11 is 0. The first-order chi connectivity index (χ1) is 7.74. The lowest BCUT2D eigenvalue weighted by Gasteiger charge is -1.98. The second kappa shape index (κ2) is 4.14. The SMILES string of the molecule is C=C/C=c1/nc2ccc(O)cc2n/c1=C/C. The molecule has 0 amide bonds. The van der Waals surface area contributed by atoms with Crippen molar-refractivity contribution in [3.8, 4) is 5.75 Å². The predicted octanol–water partition coefficient (Wildman–Crippen LogP) is 1.10. The fourth-order valence-electron chi connectivity index (χ4n) is 1.52. The number of rotatable bonds is 1. The molecule has 0 saturated carbocycles. The molecule has 1 aromatic carbocycles. The molecule has 0 spiro atoms. The molecule has 0 atom stereocenters. The number of phenolic OH excluding ortho intramolecular Hbond substituents is 1. The highest BCUT2D eigenvalue weighted by Crippen LogP contribution is 2.13. The average molecular weight is 212 g/mol. The molecule has 3 heteroatoms. The van der Waals surface area contributed by atoms with E-state index < -0.39 is 0 Å². The van der Waals surface area contributed by atoms with Gasteiger partial charge in [0.2, 0.25) is 0 Å². The lowest BCUT2D eigenvalue weighted by atomic mass is 10.2. The quantitative estimate of drug-likeness (QED) is 0.770. The Hall–Kier alpha value is -2.16. The van der Waals surface area contributed by atoms with Gasteiger partial charge in [-0.05, 0) is 25.1 Å². The van der Waals surface area contributed by atoms with E-state index in [4.69, 9.17) is 0 Å². The number of aromatic nitrogens is 2. The molecule has 0 aliphatic heterocycles. The van der Waals surface area contributed by atoms with Crippen LogP contribution in [0.4, 0.5) is 0 Å². The van der Waals surface area contributed by atoms with Crippen LogP contribution in [0.1, 0.15) is 6.92 Å². The molecule has 3 nitrogen and oxygen atoms in total. The van der Waals surface area contributed by atoms with Gasteiger partial charge in [0, 0.05) is 6.07 Å². The number of allylic oxidation sites excluding steroid dienone is 1. The summed E-state index contributed by atoms with van der Waals surface area (Å²) in [4.78, 5) is 8.86. The van der Waals surface area contributed by atoms with Crippen LogP contribution in [0, 0.1) is 0 Å². The predicted molar refractivity (Wildman–Crippen MR) is 65.3 cm³/mol. The maximum Gasteiger partial charge on any atom is 0.117 e. The lowest BCUT2D eigenvalue weighted by molar-refractivity contribution is 0.476. The van der Waals surface area contributed by atoms with E-state index in [1.54, 1.807) is 24.3 Å². The molecule has 2 rings (SSSR count). The summed E-state index contributed by atoms with van der Waals surface area (Å²) in [5, 5.41) is 10.9. The first-order valence-electron chi connectivity index (χ1n) is 5.00. The van der Waals surface area contributed by atoms with Crippen LogP contribution in [-0.2, 0) is 0 Å². The van der Waals surface area contributed by atoms with E-state index in [0.29, 0.717) is 5.52 Å². The third-order valence-electron chi connectivity index (χ3n) is 2.25. The smallest absolute Gasteiger partial charge is 0.117 e. The molecular weight excluding hydrogens is 200 g/mol. The van der Waals surface area contributed by atoms with Crippen LogP contribution in [0.3, 0.4) is 0 Å². The van der Waals surface area contributed by atoms with Gasteiger partial charge < -0.3 is 5.11 Å². The third-order valence-corrected chi connectivity index (χ3v) is 2.25. The Morgan fingerprint density at radius 3 is 2.62 bits per heavy atom. The van der Waals surface area contributed by atoms with Crippen LogP contribution in [0.25, 0.3) is 23.2 Å². The number of phenols is 1. The Morgan fingerprint density at radius 1 is 1.19 bits per heavy atom. The zero-order valence-electron chi connectivity index (χ0n) is 9.01. The second-order valence-electron chi connectivity index (χ2n) is 3.36. The van der Waals surface area contributed by atoms with E-state index in [9.17, 15) is 5.11 Å². The van der Waals surface area contributed by atoms with Crippen LogP contribution < -0.4 is 10.7 Å². The molecule has 80 valence electrons. The van der Waals surface area contributed by atoms with E-state index in [2.05, 4.69) is 16.5 Å². The van der Waals surface area contributed by atoms with Crippen LogP contribution in [0.15, 0.2) is 30.9 Å². The molecule has 2 aromatic rings. The highest BCUT2D eigenvalue weighted by atomic mass is 16.3. The molecule has 1 N–H and O–H groups in total. The number of fused-ring (bicyclic) bond motifs is 1. The third kappa shape index (κ3) is 1.80. The van der Waals surface area contributed by atoms with E-state index >= 15 is 0 Å². The van der Waals surface area contributed by atoms with Gasteiger partial charge in [0.25, 0.3) is 0 Å². The van der Waals surface area contributed by atoms with Gasteiger partial charge in [-0.15, -0.1) is 0 Å². The van der Waals surface area contributed by atoms with Gasteiger partial charge in [0.15, 0.2) is 0 Å². The Kier molecular flexibility index (Phi) is 2.68. The molecule has 0 aliphatic rings. The van der Waals surface area contributed by atoms with E-state index in [1.165, 1.54) is 0 Å². The summed E-state index contributed by atoms with van der Waals surface area (Å²) in [5.74, 6) is 0.198. The molecular formula is C13H12N2O. The van der Waals surface area contributed by atoms with Crippen molar-refractivity contribution in [2.24, 2.45) is 0 Å². The largest absolute Gasteiger partial charge is 0.508 e. The molecule has 1 heterocycles. The van der Waals surface area contributed by atoms with Gasteiger partial charge in [-0.3, -0.25) is 0 Å². The second-order valence-corrected chi connectivity index (χ2v) is 3.36. The van der Waals surface area contributed by atoms with Crippen LogP contribution in [-0.4, -0.2) is 15.1 Å². The van der Waals surface area contributed by atoms with Crippen molar-refractivity contribution in [2.75, 3.05) is 0 Å². The standard InChI is InChI=1S/C13H12N2O/c1-3-5-11-10(4-2)14-13-8-9(16)6-7-12(13)15-11/h3-8,16H,1H2,2H3/b10-4+,11-5+. The zero-order valence-corrected chi connectivity index (χ0v) is 9.01. The molecule has 0 unspecified atom stereocenters. The van der Waals surface area contributed by atoms with E-state index in [-0.39, 0.29) is 5.75 Å². The fourth-order valence-corrected chi connectivity index (χ4v) is 1.52. The number of benzene rings is 1. The number of hydrogen-bond donors (Lipinski definition) is 1. The highest BCUT2D eigenvalue weighted by molar-refractivity contribution is 5.75. The monoisotopic (exact) mass is 212 g/mol. The van der Waals surface area contributed by atoms with Crippen LogP contribution in [0.5, 0.6) is 5.75 Å². The van der Waals surface area contributed by atoms with Gasteiger partial charge in [-0.25, -0.2) is 9.97 Å². The molecule has 0 bridgehead atoms. The maximum atomic E-state index is 9.36. The van der Waals surface area contributed by atoms with Crippen molar-refractivity contribution in [3.63, 3.8) is 0 Å². The average Bonchev–Trinajstić information content (AvgIpc) is 2.29. The molecule has 1 aromatic heterocycles. The summed E-state index contributed by atoms with van der Waals surface area (Å²) in [7, 11) is 0. The normalized spacial score (nSPS) is 13.3. The molecule has 0 saturated heterocycles. The zero-order chi connectivity index (χ0) is 11.5. The molecule has 0 aliphatic carbocycles. The van der Waals surface area contributed by atoms with Crippen molar-refractivity contribution in [1.29, 1.82) is 0 Å². The van der Waals surface area contributed by atoms with Crippen molar-refractivity contribution >= 4 is 23.2 Å². The van der Waals surface area contributed by atoms with E-state index in [0.717, 1.165) is 16.2 Å². The number of hydrogen-bond acceptors (Lipinski definition) is 3. The Bertz CT molecular complexity index is 659. The summed E-state index contributed by atoms with van der Waals surface area (Å²) < 4.78 is 0. The van der Waals surface area contributed by atoms with Crippen molar-refractivity contribution in [1.82, 2.24) is 9.97 Å². The van der Waals surface area contributed by atoms with Crippen LogP contribution >= 0.6 is 0 Å². The minimum atomic E-state index is 0.198. The van der Waals surface area contributed by atoms with Crippen molar-refractivity contribution in [2.45, 2.75) is 6.92 Å². The minimum absolute atomic E-state index is 0.198. The topological polar surface area (TPSA) is 46.0 Å². The Balaban J connectivity index is 2.92. The lowest BCUT2D eigenvalue weighted by Crippen LogP contribution is -2.30. The van der Waals surface area contributed by atoms with Gasteiger partial charge in [-0.1, -0.05) is 18.7 Å². The summed E-state index contributed by atoms with van der Waals surface area (Å²) in [5.41, 5.74) is 1.45. The Morgan fingerprint density at radius 2 is 1.94 bits per heavy atom.